The Morgan fingerprint density at radius 2 is 2.04 bits per heavy atom. The van der Waals surface area contributed by atoms with Crippen molar-refractivity contribution in [3.05, 3.63) is 48.0 Å². The van der Waals surface area contributed by atoms with E-state index in [1.807, 2.05) is 38.1 Å². The predicted molar refractivity (Wildman–Crippen MR) is 104 cm³/mol. The monoisotopic (exact) mass is 381 g/mol. The maximum Gasteiger partial charge on any atom is 0.305 e. The standard InChI is InChI=1S/C20H23N5O3/c1-13(2)12-24(10-8-18(26)27)20(28)19-14(3)25(23-22-19)17-6-4-5-15-11-21-9-7-16(15)17/h4-7,9,11,13H,8,10,12H2,1-3H3,(H,26,27). The summed E-state index contributed by atoms with van der Waals surface area (Å²) in [5.74, 6) is -1.04. The Hall–Kier alpha value is -3.29. The molecule has 1 amide bonds. The van der Waals surface area contributed by atoms with Crippen molar-refractivity contribution in [1.82, 2.24) is 24.9 Å². The number of rotatable bonds is 7. The first kappa shape index (κ1) is 19.5. The molecule has 2 aromatic heterocycles. The van der Waals surface area contributed by atoms with Crippen molar-refractivity contribution in [1.29, 1.82) is 0 Å². The van der Waals surface area contributed by atoms with Gasteiger partial charge in [0.1, 0.15) is 0 Å². The van der Waals surface area contributed by atoms with Gasteiger partial charge in [-0.25, -0.2) is 4.68 Å². The first-order valence-corrected chi connectivity index (χ1v) is 9.15. The summed E-state index contributed by atoms with van der Waals surface area (Å²) in [6, 6.07) is 7.67. The lowest BCUT2D eigenvalue weighted by Gasteiger charge is -2.23. The number of fused-ring (bicyclic) bond motifs is 1. The van der Waals surface area contributed by atoms with Crippen LogP contribution in [0.5, 0.6) is 0 Å². The van der Waals surface area contributed by atoms with E-state index in [2.05, 4.69) is 15.3 Å². The summed E-state index contributed by atoms with van der Waals surface area (Å²) in [7, 11) is 0. The highest BCUT2D eigenvalue weighted by Crippen LogP contribution is 2.23. The van der Waals surface area contributed by atoms with E-state index in [1.165, 1.54) is 4.90 Å². The molecule has 0 radical (unpaired) electrons. The molecule has 0 aliphatic heterocycles. The van der Waals surface area contributed by atoms with Gasteiger partial charge in [0.05, 0.1) is 17.8 Å². The van der Waals surface area contributed by atoms with Gasteiger partial charge in [-0.05, 0) is 25.0 Å². The fourth-order valence-electron chi connectivity index (χ4n) is 3.14. The van der Waals surface area contributed by atoms with E-state index in [4.69, 9.17) is 5.11 Å². The molecule has 2 heterocycles. The SMILES string of the molecule is Cc1c(C(=O)N(CCC(=O)O)CC(C)C)nnn1-c1cccc2cnccc12. The molecule has 28 heavy (non-hydrogen) atoms. The summed E-state index contributed by atoms with van der Waals surface area (Å²) >= 11 is 0. The Kier molecular flexibility index (Phi) is 5.67. The van der Waals surface area contributed by atoms with Crippen molar-refractivity contribution in [3.63, 3.8) is 0 Å². The summed E-state index contributed by atoms with van der Waals surface area (Å²) in [4.78, 5) is 29.7. The van der Waals surface area contributed by atoms with E-state index in [9.17, 15) is 9.59 Å². The van der Waals surface area contributed by atoms with Crippen LogP contribution in [0.4, 0.5) is 0 Å². The second-order valence-electron chi connectivity index (χ2n) is 7.10. The molecule has 146 valence electrons. The number of hydrogen-bond acceptors (Lipinski definition) is 5. The Morgan fingerprint density at radius 3 is 2.75 bits per heavy atom. The number of carbonyl (C=O) groups is 2. The van der Waals surface area contributed by atoms with E-state index >= 15 is 0 Å². The number of nitrogens with zero attached hydrogens (tertiary/aromatic N) is 5. The van der Waals surface area contributed by atoms with Crippen LogP contribution < -0.4 is 0 Å². The fourth-order valence-corrected chi connectivity index (χ4v) is 3.14. The molecule has 8 heteroatoms. The van der Waals surface area contributed by atoms with Gasteiger partial charge in [-0.15, -0.1) is 5.10 Å². The molecule has 0 fully saturated rings. The normalized spacial score (nSPS) is 11.1. The Morgan fingerprint density at radius 1 is 1.25 bits per heavy atom. The Labute approximate surface area is 162 Å². The molecular formula is C20H23N5O3. The van der Waals surface area contributed by atoms with Gasteiger partial charge in [0.15, 0.2) is 5.69 Å². The van der Waals surface area contributed by atoms with Crippen molar-refractivity contribution in [2.75, 3.05) is 13.1 Å². The summed E-state index contributed by atoms with van der Waals surface area (Å²) in [6.45, 7) is 6.35. The third-order valence-electron chi connectivity index (χ3n) is 4.45. The lowest BCUT2D eigenvalue weighted by molar-refractivity contribution is -0.137. The zero-order valence-electron chi connectivity index (χ0n) is 16.2. The number of benzene rings is 1. The first-order chi connectivity index (χ1) is 13.4. The molecule has 1 aromatic carbocycles. The second kappa shape index (κ2) is 8.16. The van der Waals surface area contributed by atoms with Crippen molar-refractivity contribution >= 4 is 22.6 Å². The summed E-state index contributed by atoms with van der Waals surface area (Å²) in [5, 5.41) is 19.2. The number of aliphatic carboxylic acids is 1. The number of carbonyl (C=O) groups excluding carboxylic acids is 1. The van der Waals surface area contributed by atoms with Crippen LogP contribution in [0.15, 0.2) is 36.7 Å². The number of amides is 1. The maximum atomic E-state index is 13.0. The summed E-state index contributed by atoms with van der Waals surface area (Å²) in [6.07, 6.45) is 3.37. The zero-order valence-corrected chi connectivity index (χ0v) is 16.2. The van der Waals surface area contributed by atoms with E-state index in [0.717, 1.165) is 16.5 Å². The number of carboxylic acids is 1. The largest absolute Gasteiger partial charge is 0.481 e. The van der Waals surface area contributed by atoms with Crippen molar-refractivity contribution < 1.29 is 14.7 Å². The average molecular weight is 381 g/mol. The van der Waals surface area contributed by atoms with Crippen molar-refractivity contribution in [2.45, 2.75) is 27.2 Å². The maximum absolute atomic E-state index is 13.0. The van der Waals surface area contributed by atoms with Gasteiger partial charge < -0.3 is 10.0 Å². The van der Waals surface area contributed by atoms with Gasteiger partial charge in [0.2, 0.25) is 0 Å². The molecule has 0 atom stereocenters. The van der Waals surface area contributed by atoms with Crippen LogP contribution in [0, 0.1) is 12.8 Å². The van der Waals surface area contributed by atoms with Crippen LogP contribution in [0.2, 0.25) is 0 Å². The molecule has 0 spiro atoms. The predicted octanol–water partition coefficient (Wildman–Crippen LogP) is 2.70. The molecule has 0 aliphatic carbocycles. The lowest BCUT2D eigenvalue weighted by atomic mass is 10.1. The third-order valence-corrected chi connectivity index (χ3v) is 4.45. The summed E-state index contributed by atoms with van der Waals surface area (Å²) in [5.41, 5.74) is 1.65. The van der Waals surface area contributed by atoms with Crippen LogP contribution >= 0.6 is 0 Å². The van der Waals surface area contributed by atoms with E-state index in [-0.39, 0.29) is 30.5 Å². The molecule has 0 saturated carbocycles. The van der Waals surface area contributed by atoms with E-state index in [0.29, 0.717) is 12.2 Å². The van der Waals surface area contributed by atoms with Gasteiger partial charge >= 0.3 is 5.97 Å². The smallest absolute Gasteiger partial charge is 0.305 e. The average Bonchev–Trinajstić information content (AvgIpc) is 3.05. The van der Waals surface area contributed by atoms with Gasteiger partial charge in [0.25, 0.3) is 5.91 Å². The van der Waals surface area contributed by atoms with E-state index < -0.39 is 5.97 Å². The highest BCUT2D eigenvalue weighted by molar-refractivity contribution is 5.94. The topological polar surface area (TPSA) is 101 Å². The molecule has 0 aliphatic rings. The van der Waals surface area contributed by atoms with Gasteiger partial charge in [-0.3, -0.25) is 14.6 Å². The number of pyridine rings is 1. The Bertz CT molecular complexity index is 1010. The number of aromatic nitrogens is 4. The van der Waals surface area contributed by atoms with Gasteiger partial charge in [-0.1, -0.05) is 31.2 Å². The molecule has 0 saturated heterocycles. The van der Waals surface area contributed by atoms with Crippen LogP contribution in [-0.2, 0) is 4.79 Å². The highest BCUT2D eigenvalue weighted by Gasteiger charge is 2.24. The minimum absolute atomic E-state index is 0.109. The second-order valence-corrected chi connectivity index (χ2v) is 7.10. The van der Waals surface area contributed by atoms with Gasteiger partial charge in [-0.2, -0.15) is 0 Å². The molecule has 0 bridgehead atoms. The highest BCUT2D eigenvalue weighted by atomic mass is 16.4. The number of hydrogen-bond donors (Lipinski definition) is 1. The fraction of sp³-hybridized carbons (Fsp3) is 0.350. The zero-order chi connectivity index (χ0) is 20.3. The van der Waals surface area contributed by atoms with Crippen LogP contribution in [0.1, 0.15) is 36.5 Å². The minimum Gasteiger partial charge on any atom is -0.481 e. The molecular weight excluding hydrogens is 358 g/mol. The Balaban J connectivity index is 1.96. The van der Waals surface area contributed by atoms with Crippen LogP contribution in [0.25, 0.3) is 16.5 Å². The van der Waals surface area contributed by atoms with Crippen LogP contribution in [-0.4, -0.2) is 55.0 Å². The molecule has 3 aromatic rings. The van der Waals surface area contributed by atoms with Crippen molar-refractivity contribution in [2.24, 2.45) is 5.92 Å². The molecule has 8 nitrogen and oxygen atoms in total. The lowest BCUT2D eigenvalue weighted by Crippen LogP contribution is -2.36. The minimum atomic E-state index is -0.939. The summed E-state index contributed by atoms with van der Waals surface area (Å²) < 4.78 is 1.64. The van der Waals surface area contributed by atoms with Crippen molar-refractivity contribution in [3.8, 4) is 5.69 Å². The first-order valence-electron chi connectivity index (χ1n) is 9.15. The quantitative estimate of drug-likeness (QED) is 0.675. The molecule has 0 unspecified atom stereocenters. The van der Waals surface area contributed by atoms with Gasteiger partial charge in [0, 0.05) is 36.3 Å². The molecule has 3 rings (SSSR count). The molecule has 1 N–H and O–H groups in total. The van der Waals surface area contributed by atoms with E-state index in [1.54, 1.807) is 24.0 Å². The third kappa shape index (κ3) is 4.00. The number of carboxylic acid groups (broad SMARTS) is 1. The van der Waals surface area contributed by atoms with Crippen LogP contribution in [0.3, 0.4) is 0 Å².